The maximum atomic E-state index is 5.32. The molecule has 0 aliphatic heterocycles. The third kappa shape index (κ3) is 4.33. The summed E-state index contributed by atoms with van der Waals surface area (Å²) in [6.07, 6.45) is 2.74. The standard InChI is InChI=1S/C17H18BrNO2/c1-20-16-10-14(15(18)11-17(16)21-2)8-9-19-12-13-6-4-3-5-7-13/h3-7,10-12H,8-9H2,1-2H3. The molecule has 0 amide bonds. The quantitative estimate of drug-likeness (QED) is 0.735. The molecule has 0 heterocycles. The molecule has 0 saturated carbocycles. The van der Waals surface area contributed by atoms with E-state index in [-0.39, 0.29) is 0 Å². The summed E-state index contributed by atoms with van der Waals surface area (Å²) >= 11 is 3.56. The van der Waals surface area contributed by atoms with Crippen LogP contribution in [0.3, 0.4) is 0 Å². The Labute approximate surface area is 133 Å². The molecule has 110 valence electrons. The third-order valence-corrected chi connectivity index (χ3v) is 3.84. The lowest BCUT2D eigenvalue weighted by Gasteiger charge is -2.11. The number of hydrogen-bond donors (Lipinski definition) is 0. The van der Waals surface area contributed by atoms with Crippen LogP contribution in [0.5, 0.6) is 11.5 Å². The highest BCUT2D eigenvalue weighted by molar-refractivity contribution is 9.10. The summed E-state index contributed by atoms with van der Waals surface area (Å²) in [5, 5.41) is 0. The number of nitrogens with zero attached hydrogens (tertiary/aromatic N) is 1. The first-order valence-corrected chi connectivity index (χ1v) is 7.49. The number of rotatable bonds is 6. The first-order valence-electron chi connectivity index (χ1n) is 6.70. The van der Waals surface area contributed by atoms with Gasteiger partial charge in [-0.15, -0.1) is 0 Å². The van der Waals surface area contributed by atoms with Gasteiger partial charge in [-0.25, -0.2) is 0 Å². The van der Waals surface area contributed by atoms with Gasteiger partial charge in [0.1, 0.15) is 0 Å². The van der Waals surface area contributed by atoms with Crippen molar-refractivity contribution in [3.05, 3.63) is 58.1 Å². The first-order chi connectivity index (χ1) is 10.2. The highest BCUT2D eigenvalue weighted by Crippen LogP contribution is 2.33. The molecule has 0 fully saturated rings. The molecule has 0 atom stereocenters. The average Bonchev–Trinajstić information content (AvgIpc) is 2.53. The fraction of sp³-hybridized carbons (Fsp3) is 0.235. The number of hydrogen-bond acceptors (Lipinski definition) is 3. The minimum Gasteiger partial charge on any atom is -0.493 e. The Morgan fingerprint density at radius 1 is 1.05 bits per heavy atom. The minimum atomic E-state index is 0.723. The van der Waals surface area contributed by atoms with Gasteiger partial charge in [-0.1, -0.05) is 46.3 Å². The van der Waals surface area contributed by atoms with Crippen LogP contribution in [-0.2, 0) is 6.42 Å². The zero-order valence-electron chi connectivity index (χ0n) is 12.2. The molecule has 2 aromatic rings. The largest absolute Gasteiger partial charge is 0.493 e. The van der Waals surface area contributed by atoms with Gasteiger partial charge in [-0.05, 0) is 29.7 Å². The van der Waals surface area contributed by atoms with Crippen molar-refractivity contribution in [2.75, 3.05) is 20.8 Å². The Kier molecular flexibility index (Phi) is 5.81. The van der Waals surface area contributed by atoms with Crippen LogP contribution in [0.2, 0.25) is 0 Å². The molecule has 0 N–H and O–H groups in total. The Morgan fingerprint density at radius 2 is 1.71 bits per heavy atom. The molecular weight excluding hydrogens is 330 g/mol. The van der Waals surface area contributed by atoms with E-state index in [4.69, 9.17) is 9.47 Å². The van der Waals surface area contributed by atoms with Crippen LogP contribution in [0.1, 0.15) is 11.1 Å². The highest BCUT2D eigenvalue weighted by Gasteiger charge is 2.08. The van der Waals surface area contributed by atoms with Gasteiger partial charge < -0.3 is 9.47 Å². The number of aliphatic imine (C=N–C) groups is 1. The highest BCUT2D eigenvalue weighted by atomic mass is 79.9. The van der Waals surface area contributed by atoms with E-state index in [1.165, 1.54) is 0 Å². The molecule has 0 spiro atoms. The molecule has 0 saturated heterocycles. The van der Waals surface area contributed by atoms with Crippen LogP contribution >= 0.6 is 15.9 Å². The topological polar surface area (TPSA) is 30.8 Å². The van der Waals surface area contributed by atoms with Gasteiger partial charge in [-0.3, -0.25) is 4.99 Å². The summed E-state index contributed by atoms with van der Waals surface area (Å²) < 4.78 is 11.6. The van der Waals surface area contributed by atoms with E-state index < -0.39 is 0 Å². The maximum absolute atomic E-state index is 5.32. The predicted molar refractivity (Wildman–Crippen MR) is 89.9 cm³/mol. The van der Waals surface area contributed by atoms with E-state index in [1.54, 1.807) is 14.2 Å². The lowest BCUT2D eigenvalue weighted by atomic mass is 10.1. The molecule has 3 nitrogen and oxygen atoms in total. The van der Waals surface area contributed by atoms with Gasteiger partial charge in [0, 0.05) is 17.2 Å². The van der Waals surface area contributed by atoms with Crippen molar-refractivity contribution in [3.8, 4) is 11.5 Å². The third-order valence-electron chi connectivity index (χ3n) is 3.10. The van der Waals surface area contributed by atoms with Crippen LogP contribution in [0.4, 0.5) is 0 Å². The molecule has 0 aliphatic carbocycles. The second-order valence-corrected chi connectivity index (χ2v) is 5.35. The van der Waals surface area contributed by atoms with E-state index in [0.29, 0.717) is 0 Å². The van der Waals surface area contributed by atoms with E-state index in [1.807, 2.05) is 48.7 Å². The monoisotopic (exact) mass is 347 g/mol. The smallest absolute Gasteiger partial charge is 0.161 e. The zero-order chi connectivity index (χ0) is 15.1. The maximum Gasteiger partial charge on any atom is 0.161 e. The van der Waals surface area contributed by atoms with E-state index >= 15 is 0 Å². The predicted octanol–water partition coefficient (Wildman–Crippen LogP) is 4.13. The first kappa shape index (κ1) is 15.6. The SMILES string of the molecule is COc1cc(Br)c(CCN=Cc2ccccc2)cc1OC. The van der Waals surface area contributed by atoms with Crippen LogP contribution in [0.25, 0.3) is 0 Å². The van der Waals surface area contributed by atoms with Crippen molar-refractivity contribution in [1.82, 2.24) is 0 Å². The molecule has 2 aromatic carbocycles. The van der Waals surface area contributed by atoms with Crippen LogP contribution in [0, 0.1) is 0 Å². The van der Waals surface area contributed by atoms with Crippen LogP contribution in [0.15, 0.2) is 51.9 Å². The van der Waals surface area contributed by atoms with Crippen molar-refractivity contribution in [2.24, 2.45) is 4.99 Å². The molecule has 0 bridgehead atoms. The van der Waals surface area contributed by atoms with Gasteiger partial charge in [0.05, 0.1) is 14.2 Å². The molecule has 0 aliphatic rings. The van der Waals surface area contributed by atoms with Crippen molar-refractivity contribution >= 4 is 22.1 Å². The Hall–Kier alpha value is -1.81. The summed E-state index contributed by atoms with van der Waals surface area (Å²) in [6, 6.07) is 14.0. The average molecular weight is 348 g/mol. The molecule has 0 unspecified atom stereocenters. The fourth-order valence-corrected chi connectivity index (χ4v) is 2.50. The number of benzene rings is 2. The minimum absolute atomic E-state index is 0.723. The summed E-state index contributed by atoms with van der Waals surface area (Å²) in [4.78, 5) is 4.46. The van der Waals surface area contributed by atoms with Crippen LogP contribution < -0.4 is 9.47 Å². The Morgan fingerprint density at radius 3 is 2.38 bits per heavy atom. The second kappa shape index (κ2) is 7.84. The normalized spacial score (nSPS) is 10.8. The van der Waals surface area contributed by atoms with Crippen LogP contribution in [-0.4, -0.2) is 27.0 Å². The molecule has 2 rings (SSSR count). The van der Waals surface area contributed by atoms with E-state index in [2.05, 4.69) is 20.9 Å². The zero-order valence-corrected chi connectivity index (χ0v) is 13.8. The summed E-state index contributed by atoms with van der Waals surface area (Å²) in [5.74, 6) is 1.46. The number of methoxy groups -OCH3 is 2. The molecule has 0 aromatic heterocycles. The summed E-state index contributed by atoms with van der Waals surface area (Å²) in [5.41, 5.74) is 2.27. The lowest BCUT2D eigenvalue weighted by Crippen LogP contribution is -1.96. The molecule has 0 radical (unpaired) electrons. The van der Waals surface area contributed by atoms with Gasteiger partial charge in [-0.2, -0.15) is 0 Å². The van der Waals surface area contributed by atoms with Gasteiger partial charge >= 0.3 is 0 Å². The van der Waals surface area contributed by atoms with Crippen molar-refractivity contribution in [1.29, 1.82) is 0 Å². The van der Waals surface area contributed by atoms with Gasteiger partial charge in [0.25, 0.3) is 0 Å². The second-order valence-electron chi connectivity index (χ2n) is 4.49. The van der Waals surface area contributed by atoms with Crippen molar-refractivity contribution < 1.29 is 9.47 Å². The van der Waals surface area contributed by atoms with E-state index in [9.17, 15) is 0 Å². The Bertz CT molecular complexity index is 612. The molecule has 4 heteroatoms. The van der Waals surface area contributed by atoms with Crippen molar-refractivity contribution in [2.45, 2.75) is 6.42 Å². The van der Waals surface area contributed by atoms with Gasteiger partial charge in [0.15, 0.2) is 11.5 Å². The van der Waals surface area contributed by atoms with Gasteiger partial charge in [0.2, 0.25) is 0 Å². The number of ether oxygens (including phenoxy) is 2. The summed E-state index contributed by atoms with van der Waals surface area (Å²) in [7, 11) is 3.28. The lowest BCUT2D eigenvalue weighted by molar-refractivity contribution is 0.354. The Balaban J connectivity index is 2.01. The number of halogens is 1. The fourth-order valence-electron chi connectivity index (χ4n) is 1.98. The molecular formula is C17H18BrNO2. The van der Waals surface area contributed by atoms with Crippen molar-refractivity contribution in [3.63, 3.8) is 0 Å². The molecule has 21 heavy (non-hydrogen) atoms. The summed E-state index contributed by atoms with van der Waals surface area (Å²) in [6.45, 7) is 0.725. The van der Waals surface area contributed by atoms with E-state index in [0.717, 1.165) is 40.1 Å².